The van der Waals surface area contributed by atoms with Crippen LogP contribution in [0.5, 0.6) is 0 Å². The molecule has 0 atom stereocenters. The maximum absolute atomic E-state index is 11.6. The molecule has 0 saturated carbocycles. The lowest BCUT2D eigenvalue weighted by Crippen LogP contribution is -2.32. The third-order valence-corrected chi connectivity index (χ3v) is 3.89. The first-order valence-corrected chi connectivity index (χ1v) is 6.71. The van der Waals surface area contributed by atoms with Gasteiger partial charge in [-0.25, -0.2) is 4.99 Å². The molecule has 0 aliphatic carbocycles. The van der Waals surface area contributed by atoms with Crippen LogP contribution < -0.4 is 0 Å². The third-order valence-electron chi connectivity index (χ3n) is 3.34. The van der Waals surface area contributed by atoms with Crippen molar-refractivity contribution in [2.75, 3.05) is 6.54 Å². The molecule has 1 fully saturated rings. The summed E-state index contributed by atoms with van der Waals surface area (Å²) in [5.41, 5.74) is 1.80. The molecule has 1 aromatic carbocycles. The highest BCUT2D eigenvalue weighted by molar-refractivity contribution is 6.35. The fourth-order valence-corrected chi connectivity index (χ4v) is 2.97. The Bertz CT molecular complexity index is 554. The number of fused-ring (bicyclic) bond motifs is 2. The standard InChI is InChI=1S/C13H12Cl2N2O/c14-8-4-11(15)10-7-17-3-1-2-9(18)6-13(17)16-12(10)5-8/h4-5H,1-3,6-7H2. The first kappa shape index (κ1) is 12.0. The number of rotatable bonds is 0. The molecule has 3 nitrogen and oxygen atoms in total. The highest BCUT2D eigenvalue weighted by atomic mass is 35.5. The SMILES string of the molecule is O=C1CCCN2Cc3c(Cl)cc(Cl)cc3N=C2C1. The molecular weight excluding hydrogens is 271 g/mol. The van der Waals surface area contributed by atoms with Crippen LogP contribution in [-0.4, -0.2) is 23.1 Å². The maximum atomic E-state index is 11.6. The van der Waals surface area contributed by atoms with Gasteiger partial charge in [-0.2, -0.15) is 0 Å². The Morgan fingerprint density at radius 3 is 2.94 bits per heavy atom. The Labute approximate surface area is 115 Å². The molecule has 3 rings (SSSR count). The fraction of sp³-hybridized carbons (Fsp3) is 0.385. The number of aliphatic imine (C=N–C) groups is 1. The molecule has 18 heavy (non-hydrogen) atoms. The highest BCUT2D eigenvalue weighted by Gasteiger charge is 2.25. The summed E-state index contributed by atoms with van der Waals surface area (Å²) < 4.78 is 0. The van der Waals surface area contributed by atoms with Gasteiger partial charge in [0.05, 0.1) is 12.1 Å². The largest absolute Gasteiger partial charge is 0.355 e. The lowest BCUT2D eigenvalue weighted by Gasteiger charge is -2.29. The zero-order valence-corrected chi connectivity index (χ0v) is 11.3. The molecule has 0 bridgehead atoms. The summed E-state index contributed by atoms with van der Waals surface area (Å²) in [7, 11) is 0. The van der Waals surface area contributed by atoms with Gasteiger partial charge in [0.25, 0.3) is 0 Å². The van der Waals surface area contributed by atoms with Crippen LogP contribution in [0.25, 0.3) is 0 Å². The number of benzene rings is 1. The Kier molecular flexibility index (Phi) is 3.04. The van der Waals surface area contributed by atoms with E-state index in [1.807, 2.05) is 6.07 Å². The van der Waals surface area contributed by atoms with E-state index in [0.29, 0.717) is 22.9 Å². The number of nitrogens with zero attached hydrogens (tertiary/aromatic N) is 2. The lowest BCUT2D eigenvalue weighted by atomic mass is 10.1. The molecule has 0 radical (unpaired) electrons. The third kappa shape index (κ3) is 2.13. The smallest absolute Gasteiger partial charge is 0.140 e. The summed E-state index contributed by atoms with van der Waals surface area (Å²) in [6.45, 7) is 1.58. The number of amidine groups is 1. The minimum Gasteiger partial charge on any atom is -0.355 e. The summed E-state index contributed by atoms with van der Waals surface area (Å²) in [4.78, 5) is 18.3. The lowest BCUT2D eigenvalue weighted by molar-refractivity contribution is -0.117. The molecule has 0 unspecified atom stereocenters. The maximum Gasteiger partial charge on any atom is 0.140 e. The van der Waals surface area contributed by atoms with E-state index >= 15 is 0 Å². The number of hydrogen-bond acceptors (Lipinski definition) is 3. The van der Waals surface area contributed by atoms with E-state index in [1.165, 1.54) is 0 Å². The Balaban J connectivity index is 2.06. The van der Waals surface area contributed by atoms with Crippen LogP contribution in [0.3, 0.4) is 0 Å². The van der Waals surface area contributed by atoms with Crippen LogP contribution >= 0.6 is 23.2 Å². The van der Waals surface area contributed by atoms with Gasteiger partial charge in [0.1, 0.15) is 11.6 Å². The van der Waals surface area contributed by atoms with Gasteiger partial charge in [-0.05, 0) is 18.6 Å². The van der Waals surface area contributed by atoms with Crippen molar-refractivity contribution in [2.45, 2.75) is 25.8 Å². The second kappa shape index (κ2) is 4.56. The Morgan fingerprint density at radius 2 is 2.11 bits per heavy atom. The van der Waals surface area contributed by atoms with Crippen LogP contribution in [0, 0.1) is 0 Å². The molecule has 1 aromatic rings. The number of carbonyl (C=O) groups is 1. The molecular formula is C13H12Cl2N2O. The van der Waals surface area contributed by atoms with E-state index < -0.39 is 0 Å². The zero-order valence-electron chi connectivity index (χ0n) is 9.75. The highest BCUT2D eigenvalue weighted by Crippen LogP contribution is 2.36. The van der Waals surface area contributed by atoms with Crippen LogP contribution in [-0.2, 0) is 11.3 Å². The van der Waals surface area contributed by atoms with Crippen molar-refractivity contribution in [3.8, 4) is 0 Å². The van der Waals surface area contributed by atoms with Gasteiger partial charge in [0.15, 0.2) is 0 Å². The van der Waals surface area contributed by atoms with E-state index in [2.05, 4.69) is 9.89 Å². The number of halogens is 2. The topological polar surface area (TPSA) is 32.7 Å². The van der Waals surface area contributed by atoms with Crippen molar-refractivity contribution in [2.24, 2.45) is 4.99 Å². The predicted octanol–water partition coefficient (Wildman–Crippen LogP) is 3.59. The van der Waals surface area contributed by atoms with Crippen molar-refractivity contribution in [3.05, 3.63) is 27.7 Å². The van der Waals surface area contributed by atoms with Crippen LogP contribution in [0.4, 0.5) is 5.69 Å². The molecule has 2 aliphatic heterocycles. The number of carbonyl (C=O) groups excluding carboxylic acids is 1. The van der Waals surface area contributed by atoms with E-state index in [9.17, 15) is 4.79 Å². The van der Waals surface area contributed by atoms with Gasteiger partial charge in [0, 0.05) is 35.1 Å². The summed E-state index contributed by atoms with van der Waals surface area (Å²) in [5.74, 6) is 1.11. The van der Waals surface area contributed by atoms with E-state index in [1.54, 1.807) is 6.07 Å². The van der Waals surface area contributed by atoms with Gasteiger partial charge in [-0.1, -0.05) is 23.2 Å². The summed E-state index contributed by atoms with van der Waals surface area (Å²) in [6.07, 6.45) is 1.95. The molecule has 2 heterocycles. The second-order valence-electron chi connectivity index (χ2n) is 4.65. The predicted molar refractivity (Wildman–Crippen MR) is 72.8 cm³/mol. The molecule has 94 valence electrons. The zero-order chi connectivity index (χ0) is 12.7. The molecule has 0 N–H and O–H groups in total. The average molecular weight is 283 g/mol. The molecule has 2 aliphatic rings. The van der Waals surface area contributed by atoms with Gasteiger partial charge in [0.2, 0.25) is 0 Å². The Hall–Kier alpha value is -1.06. The second-order valence-corrected chi connectivity index (χ2v) is 5.50. The minimum absolute atomic E-state index is 0.257. The molecule has 0 spiro atoms. The average Bonchev–Trinajstić information content (AvgIpc) is 2.47. The minimum atomic E-state index is 0.257. The molecule has 0 amide bonds. The van der Waals surface area contributed by atoms with Gasteiger partial charge < -0.3 is 4.90 Å². The summed E-state index contributed by atoms with van der Waals surface area (Å²) >= 11 is 12.2. The van der Waals surface area contributed by atoms with Crippen molar-refractivity contribution in [3.63, 3.8) is 0 Å². The molecule has 1 saturated heterocycles. The fourth-order valence-electron chi connectivity index (χ4n) is 2.43. The number of Topliss-reactive ketones (excluding diaryl/α,β-unsaturated/α-hetero) is 1. The number of hydrogen-bond donors (Lipinski definition) is 0. The first-order chi connectivity index (χ1) is 8.63. The Morgan fingerprint density at radius 1 is 1.28 bits per heavy atom. The van der Waals surface area contributed by atoms with Crippen molar-refractivity contribution in [1.82, 2.24) is 4.90 Å². The number of ketones is 1. The summed E-state index contributed by atoms with van der Waals surface area (Å²) in [5, 5.41) is 1.23. The van der Waals surface area contributed by atoms with E-state index in [4.69, 9.17) is 23.2 Å². The van der Waals surface area contributed by atoms with Crippen molar-refractivity contribution in [1.29, 1.82) is 0 Å². The van der Waals surface area contributed by atoms with Crippen molar-refractivity contribution < 1.29 is 4.79 Å². The van der Waals surface area contributed by atoms with Crippen molar-refractivity contribution >= 4 is 40.5 Å². The van der Waals surface area contributed by atoms with Gasteiger partial charge >= 0.3 is 0 Å². The van der Waals surface area contributed by atoms with Gasteiger partial charge in [-0.15, -0.1) is 0 Å². The van der Waals surface area contributed by atoms with E-state index in [0.717, 1.165) is 36.6 Å². The monoisotopic (exact) mass is 282 g/mol. The van der Waals surface area contributed by atoms with Crippen LogP contribution in [0.2, 0.25) is 10.0 Å². The van der Waals surface area contributed by atoms with Crippen LogP contribution in [0.15, 0.2) is 17.1 Å². The molecule has 0 aromatic heterocycles. The summed E-state index contributed by atoms with van der Waals surface area (Å²) in [6, 6.07) is 3.55. The van der Waals surface area contributed by atoms with Crippen LogP contribution in [0.1, 0.15) is 24.8 Å². The first-order valence-electron chi connectivity index (χ1n) is 5.95. The van der Waals surface area contributed by atoms with Gasteiger partial charge in [-0.3, -0.25) is 4.79 Å². The normalized spacial score (nSPS) is 18.9. The molecule has 5 heteroatoms. The quantitative estimate of drug-likeness (QED) is 0.729. The van der Waals surface area contributed by atoms with E-state index in [-0.39, 0.29) is 5.78 Å².